The van der Waals surface area contributed by atoms with Gasteiger partial charge in [0.15, 0.2) is 5.65 Å². The van der Waals surface area contributed by atoms with Crippen LogP contribution >= 0.6 is 0 Å². The van der Waals surface area contributed by atoms with E-state index in [2.05, 4.69) is 30.4 Å². The van der Waals surface area contributed by atoms with Gasteiger partial charge < -0.3 is 15.3 Å². The van der Waals surface area contributed by atoms with Crippen LogP contribution in [-0.4, -0.2) is 51.5 Å². The van der Waals surface area contributed by atoms with Crippen molar-refractivity contribution in [1.82, 2.24) is 20.2 Å². The van der Waals surface area contributed by atoms with Crippen LogP contribution in [0.15, 0.2) is 6.20 Å². The van der Waals surface area contributed by atoms with Gasteiger partial charge in [-0.25, -0.2) is 0 Å². The van der Waals surface area contributed by atoms with E-state index in [9.17, 15) is 5.11 Å². The minimum absolute atomic E-state index is 0.131. The first-order chi connectivity index (χ1) is 9.33. The lowest BCUT2D eigenvalue weighted by Gasteiger charge is -2.35. The number of hydrogen-bond acceptors (Lipinski definition) is 6. The van der Waals surface area contributed by atoms with Crippen LogP contribution < -0.4 is 10.2 Å². The Kier molecular flexibility index (Phi) is 3.20. The fraction of sp³-hybridized carbons (Fsp3) is 0.583. The lowest BCUT2D eigenvalue weighted by molar-refractivity contribution is 0.239. The van der Waals surface area contributed by atoms with Crippen molar-refractivity contribution in [2.24, 2.45) is 0 Å². The van der Waals surface area contributed by atoms with Crippen molar-refractivity contribution in [3.63, 3.8) is 0 Å². The molecule has 0 aliphatic carbocycles. The zero-order valence-corrected chi connectivity index (χ0v) is 10.9. The van der Waals surface area contributed by atoms with Gasteiger partial charge in [0.1, 0.15) is 5.82 Å². The molecule has 3 heterocycles. The average Bonchev–Trinajstić information content (AvgIpc) is 2.94. The SMILES string of the molecule is CNc1nc(N2CCCCC2CO)c2cn[nH]c2n1. The highest BCUT2D eigenvalue weighted by Crippen LogP contribution is 2.29. The summed E-state index contributed by atoms with van der Waals surface area (Å²) in [6, 6.07) is 0.131. The number of aromatic amines is 1. The second kappa shape index (κ2) is 5.00. The van der Waals surface area contributed by atoms with Gasteiger partial charge in [0.25, 0.3) is 0 Å². The van der Waals surface area contributed by atoms with Gasteiger partial charge in [0.05, 0.1) is 24.2 Å². The molecule has 3 rings (SSSR count). The van der Waals surface area contributed by atoms with E-state index in [1.54, 1.807) is 13.2 Å². The number of piperidine rings is 1. The van der Waals surface area contributed by atoms with Gasteiger partial charge >= 0.3 is 0 Å². The van der Waals surface area contributed by atoms with Gasteiger partial charge in [-0.2, -0.15) is 15.1 Å². The fourth-order valence-corrected chi connectivity index (χ4v) is 2.62. The van der Waals surface area contributed by atoms with Crippen LogP contribution in [0.5, 0.6) is 0 Å². The van der Waals surface area contributed by atoms with Gasteiger partial charge in [-0.1, -0.05) is 0 Å². The van der Waals surface area contributed by atoms with Crippen molar-refractivity contribution in [3.05, 3.63) is 6.20 Å². The van der Waals surface area contributed by atoms with E-state index < -0.39 is 0 Å². The normalized spacial score (nSPS) is 19.9. The molecule has 2 aromatic rings. The molecule has 0 bridgehead atoms. The number of aromatic nitrogens is 4. The third-order valence-electron chi connectivity index (χ3n) is 3.62. The van der Waals surface area contributed by atoms with Crippen LogP contribution in [0.2, 0.25) is 0 Å². The van der Waals surface area contributed by atoms with E-state index in [1.165, 1.54) is 0 Å². The number of nitrogens with one attached hydrogen (secondary N) is 2. The molecule has 0 amide bonds. The largest absolute Gasteiger partial charge is 0.394 e. The zero-order chi connectivity index (χ0) is 13.2. The first-order valence-electron chi connectivity index (χ1n) is 6.60. The number of aliphatic hydroxyl groups excluding tert-OH is 1. The molecule has 3 N–H and O–H groups in total. The van der Waals surface area contributed by atoms with Crippen molar-refractivity contribution < 1.29 is 5.11 Å². The molecule has 0 saturated carbocycles. The summed E-state index contributed by atoms with van der Waals surface area (Å²) in [6.45, 7) is 1.06. The third-order valence-corrected chi connectivity index (χ3v) is 3.62. The molecule has 1 atom stereocenters. The van der Waals surface area contributed by atoms with Crippen LogP contribution in [0.3, 0.4) is 0 Å². The minimum atomic E-state index is 0.131. The van der Waals surface area contributed by atoms with E-state index in [1.807, 2.05) is 0 Å². The van der Waals surface area contributed by atoms with E-state index in [0.29, 0.717) is 5.95 Å². The summed E-state index contributed by atoms with van der Waals surface area (Å²) in [7, 11) is 1.79. The average molecular weight is 262 g/mol. The van der Waals surface area contributed by atoms with E-state index in [-0.39, 0.29) is 12.6 Å². The van der Waals surface area contributed by atoms with Gasteiger partial charge in [-0.15, -0.1) is 0 Å². The minimum Gasteiger partial charge on any atom is -0.394 e. The van der Waals surface area contributed by atoms with Crippen molar-refractivity contribution in [1.29, 1.82) is 0 Å². The maximum Gasteiger partial charge on any atom is 0.226 e. The molecule has 0 radical (unpaired) electrons. The molecular formula is C12H18N6O. The number of anilines is 2. The highest BCUT2D eigenvalue weighted by molar-refractivity contribution is 5.87. The Morgan fingerprint density at radius 2 is 2.37 bits per heavy atom. The highest BCUT2D eigenvalue weighted by atomic mass is 16.3. The quantitative estimate of drug-likeness (QED) is 0.756. The summed E-state index contributed by atoms with van der Waals surface area (Å²) in [5, 5.41) is 20.3. The molecule has 0 spiro atoms. The molecular weight excluding hydrogens is 244 g/mol. The molecule has 102 valence electrons. The van der Waals surface area contributed by atoms with Crippen LogP contribution in [0.1, 0.15) is 19.3 Å². The molecule has 7 nitrogen and oxygen atoms in total. The molecule has 7 heteroatoms. The van der Waals surface area contributed by atoms with Gasteiger partial charge in [-0.3, -0.25) is 5.10 Å². The van der Waals surface area contributed by atoms with Gasteiger partial charge in [0, 0.05) is 13.6 Å². The van der Waals surface area contributed by atoms with Crippen LogP contribution in [-0.2, 0) is 0 Å². The Hall–Kier alpha value is -1.89. The number of H-pyrrole nitrogens is 1. The van der Waals surface area contributed by atoms with E-state index in [4.69, 9.17) is 0 Å². The van der Waals surface area contributed by atoms with Crippen molar-refractivity contribution in [2.75, 3.05) is 30.4 Å². The standard InChI is InChI=1S/C12H18N6O/c1-13-12-15-10-9(6-14-17-10)11(16-12)18-5-3-2-4-8(18)7-19/h6,8,19H,2-5,7H2,1H3,(H2,13,14,15,16,17). The van der Waals surface area contributed by atoms with Crippen molar-refractivity contribution in [2.45, 2.75) is 25.3 Å². The zero-order valence-electron chi connectivity index (χ0n) is 10.9. The second-order valence-corrected chi connectivity index (χ2v) is 4.78. The smallest absolute Gasteiger partial charge is 0.226 e. The Balaban J connectivity index is 2.08. The summed E-state index contributed by atoms with van der Waals surface area (Å²) >= 11 is 0. The molecule has 1 saturated heterocycles. The van der Waals surface area contributed by atoms with Gasteiger partial charge in [0.2, 0.25) is 5.95 Å². The van der Waals surface area contributed by atoms with E-state index in [0.717, 1.165) is 42.7 Å². The first kappa shape index (κ1) is 12.2. The predicted molar refractivity (Wildman–Crippen MR) is 73.3 cm³/mol. The maximum atomic E-state index is 9.55. The summed E-state index contributed by atoms with van der Waals surface area (Å²) in [4.78, 5) is 11.0. The topological polar surface area (TPSA) is 90.0 Å². The van der Waals surface area contributed by atoms with Crippen molar-refractivity contribution >= 4 is 22.8 Å². The fourth-order valence-electron chi connectivity index (χ4n) is 2.62. The molecule has 2 aromatic heterocycles. The summed E-state index contributed by atoms with van der Waals surface area (Å²) in [5.74, 6) is 1.41. The summed E-state index contributed by atoms with van der Waals surface area (Å²) in [6.07, 6.45) is 5.01. The van der Waals surface area contributed by atoms with Crippen LogP contribution in [0.25, 0.3) is 11.0 Å². The molecule has 1 unspecified atom stereocenters. The summed E-state index contributed by atoms with van der Waals surface area (Å²) < 4.78 is 0. The molecule has 1 aliphatic heterocycles. The molecule has 19 heavy (non-hydrogen) atoms. The number of fused-ring (bicyclic) bond motifs is 1. The van der Waals surface area contributed by atoms with Crippen LogP contribution in [0.4, 0.5) is 11.8 Å². The Labute approximate surface area is 111 Å². The first-order valence-corrected chi connectivity index (χ1v) is 6.60. The Bertz CT molecular complexity index is 568. The third kappa shape index (κ3) is 2.10. The van der Waals surface area contributed by atoms with E-state index >= 15 is 0 Å². The number of aliphatic hydroxyl groups is 1. The maximum absolute atomic E-state index is 9.55. The Morgan fingerprint density at radius 1 is 1.47 bits per heavy atom. The monoisotopic (exact) mass is 262 g/mol. The molecule has 1 fully saturated rings. The molecule has 1 aliphatic rings. The lowest BCUT2D eigenvalue weighted by atomic mass is 10.0. The Morgan fingerprint density at radius 3 is 3.16 bits per heavy atom. The number of nitrogens with zero attached hydrogens (tertiary/aromatic N) is 4. The number of rotatable bonds is 3. The highest BCUT2D eigenvalue weighted by Gasteiger charge is 2.25. The second-order valence-electron chi connectivity index (χ2n) is 4.78. The van der Waals surface area contributed by atoms with Crippen molar-refractivity contribution in [3.8, 4) is 0 Å². The molecule has 0 aromatic carbocycles. The lowest BCUT2D eigenvalue weighted by Crippen LogP contribution is -2.42. The number of hydrogen-bond donors (Lipinski definition) is 3. The van der Waals surface area contributed by atoms with Crippen LogP contribution in [0, 0.1) is 0 Å². The van der Waals surface area contributed by atoms with Gasteiger partial charge in [-0.05, 0) is 19.3 Å². The predicted octanol–water partition coefficient (Wildman–Crippen LogP) is 0.746. The summed E-state index contributed by atoms with van der Waals surface area (Å²) in [5.41, 5.74) is 0.719.